The second-order valence-electron chi connectivity index (χ2n) is 7.08. The first-order valence-electron chi connectivity index (χ1n) is 9.00. The molecule has 3 rings (SSSR count). The third kappa shape index (κ3) is 3.78. The van der Waals surface area contributed by atoms with Crippen LogP contribution in [0.1, 0.15) is 44.1 Å². The quantitative estimate of drug-likeness (QED) is 0.730. The Morgan fingerprint density at radius 3 is 2.54 bits per heavy atom. The highest BCUT2D eigenvalue weighted by Crippen LogP contribution is 2.45. The lowest BCUT2D eigenvalue weighted by Gasteiger charge is -2.40. The second-order valence-corrected chi connectivity index (χ2v) is 7.49. The average Bonchev–Trinajstić information content (AvgIpc) is 3.14. The van der Waals surface area contributed by atoms with E-state index in [4.69, 9.17) is 25.8 Å². The van der Waals surface area contributed by atoms with Crippen LogP contribution in [0.25, 0.3) is 0 Å². The van der Waals surface area contributed by atoms with E-state index in [1.165, 1.54) is 6.08 Å². The number of esters is 1. The topological polar surface area (TPSA) is 65.0 Å². The van der Waals surface area contributed by atoms with E-state index in [1.54, 1.807) is 20.3 Å². The number of methoxy groups -OCH3 is 2. The monoisotopic (exact) mass is 380 g/mol. The van der Waals surface area contributed by atoms with Crippen molar-refractivity contribution in [3.05, 3.63) is 34.6 Å². The molecule has 0 radical (unpaired) electrons. The van der Waals surface area contributed by atoms with Gasteiger partial charge in [-0.25, -0.2) is 4.79 Å². The third-order valence-corrected chi connectivity index (χ3v) is 5.84. The van der Waals surface area contributed by atoms with Crippen LogP contribution in [-0.2, 0) is 16.0 Å². The summed E-state index contributed by atoms with van der Waals surface area (Å²) in [5.74, 6) is 1.16. The van der Waals surface area contributed by atoms with Crippen molar-refractivity contribution < 1.29 is 24.1 Å². The van der Waals surface area contributed by atoms with Gasteiger partial charge in [-0.3, -0.25) is 0 Å². The van der Waals surface area contributed by atoms with Gasteiger partial charge in [-0.15, -0.1) is 0 Å². The van der Waals surface area contributed by atoms with Gasteiger partial charge < -0.3 is 19.3 Å². The van der Waals surface area contributed by atoms with E-state index < -0.39 is 11.6 Å². The molecule has 1 atom stereocenters. The van der Waals surface area contributed by atoms with Crippen molar-refractivity contribution in [2.24, 2.45) is 5.92 Å². The Morgan fingerprint density at radius 1 is 1.23 bits per heavy atom. The number of aryl methyl sites for hydroxylation is 1. The Hall–Kier alpha value is -1.88. The van der Waals surface area contributed by atoms with Gasteiger partial charge in [-0.05, 0) is 43.2 Å². The number of cyclic esters (lactones) is 1. The third-order valence-electron chi connectivity index (χ3n) is 5.54. The Labute approximate surface area is 158 Å². The van der Waals surface area contributed by atoms with Crippen LogP contribution in [0.3, 0.4) is 0 Å². The van der Waals surface area contributed by atoms with Gasteiger partial charge in [0, 0.05) is 12.5 Å². The predicted molar refractivity (Wildman–Crippen MR) is 99.0 cm³/mol. The number of halogens is 1. The SMILES string of the molecule is COc1cc(OC)c(CCC2(C3CCCC3)CC(O)=CC(=O)O2)cc1Cl. The lowest BCUT2D eigenvalue weighted by Crippen LogP contribution is -2.44. The standard InChI is InChI=1S/C20H25ClO5/c1-24-17-11-18(25-2)16(21)9-13(17)7-8-20(14-5-3-4-6-14)12-15(22)10-19(23)26-20/h9-11,14,22H,3-8,12H2,1-2H3. The fraction of sp³-hybridized carbons (Fsp3) is 0.550. The summed E-state index contributed by atoms with van der Waals surface area (Å²) >= 11 is 6.27. The maximum atomic E-state index is 12.0. The lowest BCUT2D eigenvalue weighted by molar-refractivity contribution is -0.165. The highest BCUT2D eigenvalue weighted by atomic mass is 35.5. The van der Waals surface area contributed by atoms with Gasteiger partial charge in [0.05, 0.1) is 25.3 Å². The number of rotatable bonds is 6. The number of carbonyl (C=O) groups excluding carboxylic acids is 1. The van der Waals surface area contributed by atoms with Crippen molar-refractivity contribution in [2.45, 2.75) is 50.5 Å². The Balaban J connectivity index is 1.86. The largest absolute Gasteiger partial charge is 0.512 e. The first-order valence-corrected chi connectivity index (χ1v) is 9.38. The molecule has 1 aromatic rings. The minimum absolute atomic E-state index is 0.105. The Morgan fingerprint density at radius 2 is 1.92 bits per heavy atom. The molecule has 2 aliphatic rings. The summed E-state index contributed by atoms with van der Waals surface area (Å²) < 4.78 is 16.5. The number of carbonyl (C=O) groups is 1. The molecule has 1 unspecified atom stereocenters. The molecule has 1 N–H and O–H groups in total. The fourth-order valence-corrected chi connectivity index (χ4v) is 4.51. The molecule has 1 fully saturated rings. The van der Waals surface area contributed by atoms with E-state index in [9.17, 15) is 9.90 Å². The molecule has 1 aromatic carbocycles. The van der Waals surface area contributed by atoms with E-state index >= 15 is 0 Å². The van der Waals surface area contributed by atoms with Crippen LogP contribution in [0.15, 0.2) is 24.0 Å². The maximum Gasteiger partial charge on any atom is 0.334 e. The van der Waals surface area contributed by atoms with Crippen molar-refractivity contribution in [2.75, 3.05) is 14.2 Å². The van der Waals surface area contributed by atoms with E-state index in [0.717, 1.165) is 31.2 Å². The molecular weight excluding hydrogens is 356 g/mol. The molecule has 6 heteroatoms. The van der Waals surface area contributed by atoms with Crippen molar-refractivity contribution in [3.8, 4) is 11.5 Å². The molecule has 5 nitrogen and oxygen atoms in total. The minimum Gasteiger partial charge on any atom is -0.512 e. The fourth-order valence-electron chi connectivity index (χ4n) is 4.25. The molecule has 0 spiro atoms. The summed E-state index contributed by atoms with van der Waals surface area (Å²) in [6.45, 7) is 0. The summed E-state index contributed by atoms with van der Waals surface area (Å²) in [6.07, 6.45) is 7.08. The number of ether oxygens (including phenoxy) is 3. The Bertz CT molecular complexity index is 708. The van der Waals surface area contributed by atoms with Crippen LogP contribution < -0.4 is 9.47 Å². The van der Waals surface area contributed by atoms with Crippen LogP contribution in [0, 0.1) is 5.92 Å². The molecule has 0 bridgehead atoms. The van der Waals surface area contributed by atoms with Gasteiger partial charge in [0.25, 0.3) is 0 Å². The molecular formula is C20H25ClO5. The predicted octanol–water partition coefficient (Wildman–Crippen LogP) is 4.61. The number of hydrogen-bond donors (Lipinski definition) is 1. The first-order chi connectivity index (χ1) is 12.5. The van der Waals surface area contributed by atoms with Crippen LogP contribution in [-0.4, -0.2) is 30.9 Å². The molecule has 0 saturated heterocycles. The molecule has 1 aliphatic heterocycles. The number of aliphatic hydroxyl groups is 1. The average molecular weight is 381 g/mol. The highest BCUT2D eigenvalue weighted by molar-refractivity contribution is 6.32. The van der Waals surface area contributed by atoms with Crippen molar-refractivity contribution in [1.82, 2.24) is 0 Å². The first kappa shape index (κ1) is 18.9. The molecule has 1 saturated carbocycles. The van der Waals surface area contributed by atoms with E-state index in [-0.39, 0.29) is 11.7 Å². The minimum atomic E-state index is -0.663. The van der Waals surface area contributed by atoms with Gasteiger partial charge in [-0.2, -0.15) is 0 Å². The molecule has 1 aliphatic carbocycles. The molecule has 1 heterocycles. The van der Waals surface area contributed by atoms with E-state index in [2.05, 4.69) is 0 Å². The molecule has 0 aromatic heterocycles. The Kier molecular flexibility index (Phi) is 5.66. The van der Waals surface area contributed by atoms with E-state index in [0.29, 0.717) is 35.8 Å². The van der Waals surface area contributed by atoms with Crippen LogP contribution in [0.2, 0.25) is 5.02 Å². The normalized spacial score (nSPS) is 23.5. The summed E-state index contributed by atoms with van der Waals surface area (Å²) in [4.78, 5) is 12.0. The number of benzene rings is 1. The van der Waals surface area contributed by atoms with Crippen LogP contribution >= 0.6 is 11.6 Å². The van der Waals surface area contributed by atoms with Gasteiger partial charge in [0.1, 0.15) is 22.9 Å². The van der Waals surface area contributed by atoms with Crippen LogP contribution in [0.4, 0.5) is 0 Å². The molecule has 26 heavy (non-hydrogen) atoms. The van der Waals surface area contributed by atoms with Crippen LogP contribution in [0.5, 0.6) is 11.5 Å². The number of hydrogen-bond acceptors (Lipinski definition) is 5. The van der Waals surface area contributed by atoms with Crippen molar-refractivity contribution in [3.63, 3.8) is 0 Å². The molecule has 0 amide bonds. The lowest BCUT2D eigenvalue weighted by atomic mass is 9.77. The summed E-state index contributed by atoms with van der Waals surface area (Å²) in [5.41, 5.74) is 0.268. The highest BCUT2D eigenvalue weighted by Gasteiger charge is 2.46. The maximum absolute atomic E-state index is 12.0. The smallest absolute Gasteiger partial charge is 0.334 e. The summed E-state index contributed by atoms with van der Waals surface area (Å²) in [7, 11) is 3.17. The zero-order chi connectivity index (χ0) is 18.7. The molecule has 142 valence electrons. The zero-order valence-corrected chi connectivity index (χ0v) is 16.0. The summed E-state index contributed by atoms with van der Waals surface area (Å²) in [5, 5.41) is 10.6. The van der Waals surface area contributed by atoms with E-state index in [1.807, 2.05) is 6.07 Å². The van der Waals surface area contributed by atoms with Gasteiger partial charge in [0.15, 0.2) is 0 Å². The number of aliphatic hydroxyl groups excluding tert-OH is 1. The van der Waals surface area contributed by atoms with Crippen molar-refractivity contribution in [1.29, 1.82) is 0 Å². The summed E-state index contributed by atoms with van der Waals surface area (Å²) in [6, 6.07) is 3.60. The zero-order valence-electron chi connectivity index (χ0n) is 15.2. The van der Waals surface area contributed by atoms with Crippen molar-refractivity contribution >= 4 is 17.6 Å². The van der Waals surface area contributed by atoms with Gasteiger partial charge in [-0.1, -0.05) is 24.4 Å². The second kappa shape index (κ2) is 7.78. The van der Waals surface area contributed by atoms with Gasteiger partial charge in [0.2, 0.25) is 0 Å². The van der Waals surface area contributed by atoms with Gasteiger partial charge >= 0.3 is 5.97 Å².